The van der Waals surface area contributed by atoms with Crippen LogP contribution in [0.5, 0.6) is 0 Å². The molecule has 0 aliphatic carbocycles. The van der Waals surface area contributed by atoms with Gasteiger partial charge >= 0.3 is 0 Å². The van der Waals surface area contributed by atoms with Gasteiger partial charge in [0.05, 0.1) is 14.1 Å². The summed E-state index contributed by atoms with van der Waals surface area (Å²) in [6.07, 6.45) is 0. The van der Waals surface area contributed by atoms with E-state index >= 15 is 0 Å². The first-order valence-electron chi connectivity index (χ1n) is 4.34. The van der Waals surface area contributed by atoms with Crippen molar-refractivity contribution in [3.05, 3.63) is 12.3 Å². The highest BCUT2D eigenvalue weighted by molar-refractivity contribution is 6.65. The van der Waals surface area contributed by atoms with Crippen molar-refractivity contribution in [2.75, 3.05) is 28.2 Å². The van der Waals surface area contributed by atoms with Crippen molar-refractivity contribution in [2.24, 2.45) is 0 Å². The molecule has 2 nitrogen and oxygen atoms in total. The van der Waals surface area contributed by atoms with E-state index in [0.717, 1.165) is 0 Å². The average molecular weight is 186 g/mol. The zero-order valence-corrected chi connectivity index (χ0v) is 10.4. The Morgan fingerprint density at radius 1 is 1.17 bits per heavy atom. The summed E-state index contributed by atoms with van der Waals surface area (Å²) in [4.78, 5) is 4.57. The second-order valence-corrected chi connectivity index (χ2v) is 7.05. The Hall–Kier alpha value is -0.123. The van der Waals surface area contributed by atoms with Crippen molar-refractivity contribution in [3.63, 3.8) is 0 Å². The molecule has 0 aliphatic heterocycles. The second-order valence-electron chi connectivity index (χ2n) is 3.91. The minimum Gasteiger partial charge on any atom is -0.295 e. The smallest absolute Gasteiger partial charge is 0.0985 e. The van der Waals surface area contributed by atoms with Gasteiger partial charge in [-0.25, -0.2) is 0 Å². The standard InChI is InChI=1S/C9H22N2Si/c1-8-12(7)9(2,10(3)4)11(5)6/h8,12H,1H2,2-7H3. The third-order valence-corrected chi connectivity index (χ3v) is 6.49. The summed E-state index contributed by atoms with van der Waals surface area (Å²) in [5, 5.41) is 0.196. The van der Waals surface area contributed by atoms with Crippen LogP contribution in [0.2, 0.25) is 6.55 Å². The third kappa shape index (κ3) is 1.97. The highest BCUT2D eigenvalue weighted by atomic mass is 28.3. The Labute approximate surface area is 78.5 Å². The first-order valence-corrected chi connectivity index (χ1v) is 6.74. The molecular weight excluding hydrogens is 164 g/mol. The van der Waals surface area contributed by atoms with Gasteiger partial charge in [0, 0.05) is 0 Å². The van der Waals surface area contributed by atoms with Crippen molar-refractivity contribution < 1.29 is 0 Å². The molecule has 0 saturated carbocycles. The summed E-state index contributed by atoms with van der Waals surface area (Å²) < 4.78 is 0. The van der Waals surface area contributed by atoms with Crippen molar-refractivity contribution in [1.29, 1.82) is 0 Å². The van der Waals surface area contributed by atoms with E-state index in [4.69, 9.17) is 0 Å². The molecule has 0 aliphatic rings. The van der Waals surface area contributed by atoms with Crippen LogP contribution in [0.3, 0.4) is 0 Å². The summed E-state index contributed by atoms with van der Waals surface area (Å²) in [7, 11) is 7.62. The van der Waals surface area contributed by atoms with Crippen molar-refractivity contribution in [1.82, 2.24) is 9.80 Å². The normalized spacial score (nSPS) is 15.3. The van der Waals surface area contributed by atoms with E-state index in [9.17, 15) is 0 Å². The average Bonchev–Trinajstić information content (AvgIpc) is 2.00. The number of hydrogen-bond acceptors (Lipinski definition) is 2. The lowest BCUT2D eigenvalue weighted by molar-refractivity contribution is 0.0968. The van der Waals surface area contributed by atoms with Crippen molar-refractivity contribution >= 4 is 8.80 Å². The molecule has 72 valence electrons. The number of hydrogen-bond donors (Lipinski definition) is 0. The minimum absolute atomic E-state index is 0.196. The van der Waals surface area contributed by atoms with E-state index in [2.05, 4.69) is 63.7 Å². The van der Waals surface area contributed by atoms with Gasteiger partial charge in [-0.2, -0.15) is 0 Å². The second kappa shape index (κ2) is 4.21. The topological polar surface area (TPSA) is 6.48 Å². The summed E-state index contributed by atoms with van der Waals surface area (Å²) in [5.41, 5.74) is 2.14. The number of nitrogens with zero attached hydrogens (tertiary/aromatic N) is 2. The zero-order valence-electron chi connectivity index (χ0n) is 9.26. The lowest BCUT2D eigenvalue weighted by Crippen LogP contribution is -2.61. The Kier molecular flexibility index (Phi) is 4.17. The van der Waals surface area contributed by atoms with Gasteiger partial charge < -0.3 is 0 Å². The van der Waals surface area contributed by atoms with Gasteiger partial charge in [0.25, 0.3) is 0 Å². The third-order valence-electron chi connectivity index (χ3n) is 3.03. The summed E-state index contributed by atoms with van der Waals surface area (Å²) in [6.45, 7) is 8.51. The molecule has 0 heterocycles. The fraction of sp³-hybridized carbons (Fsp3) is 0.778. The van der Waals surface area contributed by atoms with E-state index < -0.39 is 8.80 Å². The maximum absolute atomic E-state index is 3.90. The van der Waals surface area contributed by atoms with Crippen LogP contribution in [0.15, 0.2) is 12.3 Å². The minimum atomic E-state index is -0.911. The van der Waals surface area contributed by atoms with E-state index in [1.165, 1.54) is 0 Å². The SMILES string of the molecule is C=C[SiH](C)C(C)(N(C)C)N(C)C. The molecule has 0 spiro atoms. The molecule has 1 atom stereocenters. The Balaban J connectivity index is 4.73. The van der Waals surface area contributed by atoms with Crippen LogP contribution < -0.4 is 0 Å². The zero-order chi connectivity index (χ0) is 9.94. The van der Waals surface area contributed by atoms with Crippen LogP contribution >= 0.6 is 0 Å². The van der Waals surface area contributed by atoms with E-state index in [1.54, 1.807) is 0 Å². The van der Waals surface area contributed by atoms with Crippen LogP contribution in [-0.2, 0) is 0 Å². The van der Waals surface area contributed by atoms with Crippen LogP contribution in [0.1, 0.15) is 6.92 Å². The lowest BCUT2D eigenvalue weighted by Gasteiger charge is -2.45. The van der Waals surface area contributed by atoms with Crippen LogP contribution in [0.4, 0.5) is 0 Å². The van der Waals surface area contributed by atoms with Crippen LogP contribution in [0.25, 0.3) is 0 Å². The summed E-state index contributed by atoms with van der Waals surface area (Å²) >= 11 is 0. The molecule has 0 fully saturated rings. The van der Waals surface area contributed by atoms with Crippen molar-refractivity contribution in [3.8, 4) is 0 Å². The highest BCUT2D eigenvalue weighted by Gasteiger charge is 2.34. The molecule has 0 amide bonds. The molecule has 0 bridgehead atoms. The van der Waals surface area contributed by atoms with Crippen LogP contribution in [0, 0.1) is 0 Å². The quantitative estimate of drug-likeness (QED) is 0.476. The van der Waals surface area contributed by atoms with Gasteiger partial charge in [0.1, 0.15) is 0 Å². The molecule has 0 N–H and O–H groups in total. The van der Waals surface area contributed by atoms with Gasteiger partial charge in [-0.15, -0.1) is 12.3 Å². The predicted molar refractivity (Wildman–Crippen MR) is 59.0 cm³/mol. The molecule has 0 radical (unpaired) electrons. The molecule has 0 aromatic rings. The summed E-state index contributed by atoms with van der Waals surface area (Å²) in [6, 6.07) is 0. The molecule has 0 rings (SSSR count). The van der Waals surface area contributed by atoms with Crippen molar-refractivity contribution in [2.45, 2.75) is 18.8 Å². The maximum Gasteiger partial charge on any atom is 0.0985 e. The van der Waals surface area contributed by atoms with E-state index in [-0.39, 0.29) is 5.29 Å². The van der Waals surface area contributed by atoms with E-state index in [0.29, 0.717) is 0 Å². The van der Waals surface area contributed by atoms with Gasteiger partial charge in [-0.1, -0.05) is 6.55 Å². The maximum atomic E-state index is 3.90. The van der Waals surface area contributed by atoms with Crippen LogP contribution in [-0.4, -0.2) is 52.1 Å². The van der Waals surface area contributed by atoms with Gasteiger partial charge in [-0.3, -0.25) is 9.80 Å². The first-order chi connectivity index (χ1) is 5.37. The molecule has 1 unspecified atom stereocenters. The fourth-order valence-electron chi connectivity index (χ4n) is 1.44. The molecular formula is C9H22N2Si. The Morgan fingerprint density at radius 2 is 1.50 bits per heavy atom. The molecule has 0 saturated heterocycles. The molecule has 0 aromatic heterocycles. The Bertz CT molecular complexity index is 147. The summed E-state index contributed by atoms with van der Waals surface area (Å²) in [5.74, 6) is 0. The molecule has 3 heteroatoms. The lowest BCUT2D eigenvalue weighted by atomic mass is 10.4. The van der Waals surface area contributed by atoms with E-state index in [1.807, 2.05) is 0 Å². The first kappa shape index (κ1) is 11.9. The van der Waals surface area contributed by atoms with Gasteiger partial charge in [-0.05, 0) is 35.1 Å². The fourth-order valence-corrected chi connectivity index (χ4v) is 3.51. The predicted octanol–water partition coefficient (Wildman–Crippen LogP) is 0.947. The molecule has 0 aromatic carbocycles. The monoisotopic (exact) mass is 186 g/mol. The van der Waals surface area contributed by atoms with Gasteiger partial charge in [0.15, 0.2) is 0 Å². The Morgan fingerprint density at radius 3 is 1.58 bits per heavy atom. The number of rotatable bonds is 4. The highest BCUT2D eigenvalue weighted by Crippen LogP contribution is 2.18. The molecule has 12 heavy (non-hydrogen) atoms. The van der Waals surface area contributed by atoms with Gasteiger partial charge in [0.2, 0.25) is 0 Å². The largest absolute Gasteiger partial charge is 0.295 e.